The third-order valence-electron chi connectivity index (χ3n) is 5.62. The van der Waals surface area contributed by atoms with Crippen molar-refractivity contribution < 1.29 is 31.9 Å². The fraction of sp³-hybridized carbons (Fsp3) is 0.417. The second-order valence-corrected chi connectivity index (χ2v) is 9.96. The molecular weight excluding hydrogens is 463 g/mol. The predicted octanol–water partition coefficient (Wildman–Crippen LogP) is 3.83. The monoisotopic (exact) mass is 492 g/mol. The van der Waals surface area contributed by atoms with Crippen LogP contribution in [0.5, 0.6) is 5.75 Å². The number of methoxy groups -OCH3 is 1. The molecule has 10 heteroatoms. The Morgan fingerprint density at radius 2 is 1.91 bits per heavy atom. The van der Waals surface area contributed by atoms with Gasteiger partial charge in [0.25, 0.3) is 0 Å². The van der Waals surface area contributed by atoms with E-state index in [1.54, 1.807) is 24.3 Å². The summed E-state index contributed by atoms with van der Waals surface area (Å²) in [6.07, 6.45) is 2.71. The highest BCUT2D eigenvalue weighted by atomic mass is 32.2. The van der Waals surface area contributed by atoms with Crippen molar-refractivity contribution in [3.05, 3.63) is 53.8 Å². The van der Waals surface area contributed by atoms with Gasteiger partial charge in [-0.05, 0) is 61.7 Å². The number of sulfonamides is 1. The van der Waals surface area contributed by atoms with Gasteiger partial charge in [-0.2, -0.15) is 4.31 Å². The molecule has 0 aromatic heterocycles. The minimum absolute atomic E-state index is 0.0321. The molecule has 0 unspecified atom stereocenters. The normalized spacial score (nSPS) is 16.6. The first kappa shape index (κ1) is 25.6. The summed E-state index contributed by atoms with van der Waals surface area (Å²) in [6.45, 7) is 2.55. The Morgan fingerprint density at radius 1 is 1.18 bits per heavy atom. The number of carbonyl (C=O) groups excluding carboxylic acids is 2. The maximum atomic E-state index is 13.8. The molecule has 0 aliphatic carbocycles. The van der Waals surface area contributed by atoms with E-state index >= 15 is 0 Å². The zero-order chi connectivity index (χ0) is 24.7. The van der Waals surface area contributed by atoms with Crippen LogP contribution >= 0.6 is 0 Å². The first-order valence-electron chi connectivity index (χ1n) is 11.2. The van der Waals surface area contributed by atoms with Gasteiger partial charge in [-0.25, -0.2) is 17.6 Å². The number of unbranched alkanes of at least 4 members (excludes halogenated alkanes) is 1. The number of piperidine rings is 1. The smallest absolute Gasteiger partial charge is 0.338 e. The zero-order valence-corrected chi connectivity index (χ0v) is 20.1. The Labute approximate surface area is 199 Å². The predicted molar refractivity (Wildman–Crippen MR) is 125 cm³/mol. The van der Waals surface area contributed by atoms with Crippen molar-refractivity contribution in [3.63, 3.8) is 0 Å². The summed E-state index contributed by atoms with van der Waals surface area (Å²) in [5.74, 6) is -1.98. The van der Waals surface area contributed by atoms with Crippen molar-refractivity contribution in [1.82, 2.24) is 4.31 Å². The van der Waals surface area contributed by atoms with Crippen LogP contribution in [0.15, 0.2) is 47.4 Å². The van der Waals surface area contributed by atoms with E-state index in [2.05, 4.69) is 5.32 Å². The summed E-state index contributed by atoms with van der Waals surface area (Å²) >= 11 is 0. The molecular formula is C24H29FN2O6S. The fourth-order valence-corrected chi connectivity index (χ4v) is 5.38. The highest BCUT2D eigenvalue weighted by molar-refractivity contribution is 7.89. The Balaban J connectivity index is 1.66. The molecule has 0 radical (unpaired) electrons. The second-order valence-electron chi connectivity index (χ2n) is 8.05. The molecule has 1 fully saturated rings. The molecule has 1 aliphatic rings. The molecule has 0 bridgehead atoms. The average Bonchev–Trinajstić information content (AvgIpc) is 2.84. The number of hydrogen-bond donors (Lipinski definition) is 1. The highest BCUT2D eigenvalue weighted by Crippen LogP contribution is 2.30. The van der Waals surface area contributed by atoms with E-state index in [0.29, 0.717) is 30.7 Å². The van der Waals surface area contributed by atoms with E-state index in [0.717, 1.165) is 25.0 Å². The number of halogens is 1. The van der Waals surface area contributed by atoms with Gasteiger partial charge >= 0.3 is 5.97 Å². The van der Waals surface area contributed by atoms with E-state index in [1.807, 2.05) is 6.92 Å². The van der Waals surface area contributed by atoms with Gasteiger partial charge in [0.2, 0.25) is 15.9 Å². The van der Waals surface area contributed by atoms with Crippen molar-refractivity contribution in [1.29, 1.82) is 0 Å². The molecule has 0 saturated carbocycles. The molecule has 8 nitrogen and oxygen atoms in total. The third kappa shape index (κ3) is 6.12. The van der Waals surface area contributed by atoms with Crippen LogP contribution in [0.3, 0.4) is 0 Å². The molecule has 3 rings (SSSR count). The first-order chi connectivity index (χ1) is 16.3. The maximum Gasteiger partial charge on any atom is 0.338 e. The highest BCUT2D eigenvalue weighted by Gasteiger charge is 2.35. The third-order valence-corrected chi connectivity index (χ3v) is 7.50. The van der Waals surface area contributed by atoms with Crippen LogP contribution in [0.2, 0.25) is 0 Å². The first-order valence-corrected chi connectivity index (χ1v) is 12.6. The van der Waals surface area contributed by atoms with Gasteiger partial charge in [0.1, 0.15) is 16.5 Å². The standard InChI is InChI=1S/C24H29FN2O6S/c1-3-4-14-33-24(29)17-7-10-20(11-8-17)26-23(28)18-6-5-13-27(16-18)34(30,31)22-15-19(25)9-12-21(22)32-2/h7-12,15,18H,3-6,13-14,16H2,1-2H3,(H,26,28)/t18-/m0/s1. The summed E-state index contributed by atoms with van der Waals surface area (Å²) in [6, 6.07) is 9.65. The quantitative estimate of drug-likeness (QED) is 0.422. The summed E-state index contributed by atoms with van der Waals surface area (Å²) in [4.78, 5) is 24.6. The van der Waals surface area contributed by atoms with Gasteiger partial charge in [-0.3, -0.25) is 4.79 Å². The average molecular weight is 493 g/mol. The zero-order valence-electron chi connectivity index (χ0n) is 19.3. The van der Waals surface area contributed by atoms with Crippen molar-refractivity contribution >= 4 is 27.6 Å². The topological polar surface area (TPSA) is 102 Å². The van der Waals surface area contributed by atoms with Gasteiger partial charge in [-0.15, -0.1) is 0 Å². The Bertz CT molecular complexity index is 1120. The summed E-state index contributed by atoms with van der Waals surface area (Å²) in [7, 11) is -2.74. The van der Waals surface area contributed by atoms with E-state index in [1.165, 1.54) is 17.5 Å². The maximum absolute atomic E-state index is 13.8. The van der Waals surface area contributed by atoms with Crippen molar-refractivity contribution in [2.24, 2.45) is 5.92 Å². The molecule has 1 aliphatic heterocycles. The van der Waals surface area contributed by atoms with Gasteiger partial charge in [0.15, 0.2) is 0 Å². The number of nitrogens with zero attached hydrogens (tertiary/aromatic N) is 1. The van der Waals surface area contributed by atoms with Gasteiger partial charge in [-0.1, -0.05) is 13.3 Å². The van der Waals surface area contributed by atoms with Crippen molar-refractivity contribution in [2.75, 3.05) is 32.1 Å². The number of carbonyl (C=O) groups is 2. The van der Waals surface area contributed by atoms with Gasteiger partial charge in [0, 0.05) is 18.8 Å². The van der Waals surface area contributed by atoms with Crippen molar-refractivity contribution in [3.8, 4) is 5.75 Å². The van der Waals surface area contributed by atoms with Crippen LogP contribution in [0, 0.1) is 11.7 Å². The molecule has 34 heavy (non-hydrogen) atoms. The van der Waals surface area contributed by atoms with E-state index in [9.17, 15) is 22.4 Å². The van der Waals surface area contributed by atoms with Crippen LogP contribution in [0.1, 0.15) is 43.0 Å². The lowest BCUT2D eigenvalue weighted by Gasteiger charge is -2.31. The lowest BCUT2D eigenvalue weighted by molar-refractivity contribution is -0.120. The molecule has 1 heterocycles. The Hall–Kier alpha value is -2.98. The number of anilines is 1. The van der Waals surface area contributed by atoms with Crippen LogP contribution in [-0.4, -0.2) is 51.4 Å². The Morgan fingerprint density at radius 3 is 2.59 bits per heavy atom. The van der Waals surface area contributed by atoms with Gasteiger partial charge in [0.05, 0.1) is 25.2 Å². The molecule has 184 valence electrons. The molecule has 1 amide bonds. The SMILES string of the molecule is CCCCOC(=O)c1ccc(NC(=O)[C@H]2CCCN(S(=O)(=O)c3cc(F)ccc3OC)C2)cc1. The van der Waals surface area contributed by atoms with Crippen LogP contribution in [-0.2, 0) is 19.6 Å². The molecule has 0 spiro atoms. The molecule has 2 aromatic rings. The van der Waals surface area contributed by atoms with E-state index in [-0.39, 0.29) is 29.6 Å². The summed E-state index contributed by atoms with van der Waals surface area (Å²) in [5.41, 5.74) is 0.870. The number of esters is 1. The number of benzene rings is 2. The summed E-state index contributed by atoms with van der Waals surface area (Å²) < 4.78 is 51.5. The number of amides is 1. The van der Waals surface area contributed by atoms with Crippen LogP contribution in [0.25, 0.3) is 0 Å². The molecule has 1 N–H and O–H groups in total. The summed E-state index contributed by atoms with van der Waals surface area (Å²) in [5, 5.41) is 2.78. The van der Waals surface area contributed by atoms with E-state index in [4.69, 9.17) is 9.47 Å². The molecule has 1 atom stereocenters. The number of nitrogens with one attached hydrogen (secondary N) is 1. The largest absolute Gasteiger partial charge is 0.495 e. The molecule has 1 saturated heterocycles. The lowest BCUT2D eigenvalue weighted by atomic mass is 9.98. The fourth-order valence-electron chi connectivity index (χ4n) is 3.69. The number of rotatable bonds is 9. The van der Waals surface area contributed by atoms with Gasteiger partial charge < -0.3 is 14.8 Å². The minimum Gasteiger partial charge on any atom is -0.495 e. The number of ether oxygens (including phenoxy) is 2. The Kier molecular flexibility index (Phi) is 8.62. The number of hydrogen-bond acceptors (Lipinski definition) is 6. The molecule has 2 aromatic carbocycles. The van der Waals surface area contributed by atoms with E-state index < -0.39 is 27.7 Å². The van der Waals surface area contributed by atoms with Crippen LogP contribution in [0.4, 0.5) is 10.1 Å². The van der Waals surface area contributed by atoms with Crippen LogP contribution < -0.4 is 10.1 Å². The van der Waals surface area contributed by atoms with Crippen molar-refractivity contribution in [2.45, 2.75) is 37.5 Å². The lowest BCUT2D eigenvalue weighted by Crippen LogP contribution is -2.43. The second kappa shape index (κ2) is 11.4. The minimum atomic E-state index is -4.05.